The van der Waals surface area contributed by atoms with Gasteiger partial charge in [-0.15, -0.1) is 0 Å². The maximum atomic E-state index is 12.1. The molecule has 0 saturated carbocycles. The summed E-state index contributed by atoms with van der Waals surface area (Å²) in [5, 5.41) is 0. The van der Waals surface area contributed by atoms with E-state index >= 15 is 0 Å². The minimum atomic E-state index is -3.68. The van der Waals surface area contributed by atoms with Crippen molar-refractivity contribution in [3.8, 4) is 0 Å². The van der Waals surface area contributed by atoms with Gasteiger partial charge < -0.3 is 4.74 Å². The highest BCUT2D eigenvalue weighted by molar-refractivity contribution is 7.90. The van der Waals surface area contributed by atoms with E-state index in [2.05, 4.69) is 9.46 Å². The molecule has 0 amide bonds. The largest absolute Gasteiger partial charge is 0.469 e. The fourth-order valence-electron chi connectivity index (χ4n) is 1.55. The van der Waals surface area contributed by atoms with Crippen molar-refractivity contribution in [1.82, 2.24) is 4.31 Å². The van der Waals surface area contributed by atoms with Crippen LogP contribution >= 0.6 is 0 Å². The second kappa shape index (κ2) is 6.71. The summed E-state index contributed by atoms with van der Waals surface area (Å²) in [6.45, 7) is 3.82. The zero-order valence-electron chi connectivity index (χ0n) is 12.1. The third kappa shape index (κ3) is 4.21. The number of esters is 1. The smallest absolute Gasteiger partial charge is 0.306 e. The molecule has 0 radical (unpaired) electrons. The maximum absolute atomic E-state index is 12.1. The number of carbonyl (C=O) groups is 1. The van der Waals surface area contributed by atoms with E-state index in [1.165, 1.54) is 14.2 Å². The van der Waals surface area contributed by atoms with E-state index in [-0.39, 0.29) is 13.0 Å². The molecule has 1 aromatic carbocycles. The molecule has 0 heterocycles. The number of hydrogen-bond acceptors (Lipinski definition) is 4. The van der Waals surface area contributed by atoms with Crippen molar-refractivity contribution in [2.75, 3.05) is 25.4 Å². The zero-order chi connectivity index (χ0) is 15.3. The van der Waals surface area contributed by atoms with Crippen LogP contribution in [0.15, 0.2) is 18.2 Å². The van der Waals surface area contributed by atoms with Crippen molar-refractivity contribution < 1.29 is 17.9 Å². The van der Waals surface area contributed by atoms with Crippen LogP contribution in [0.5, 0.6) is 0 Å². The lowest BCUT2D eigenvalue weighted by atomic mass is 10.1. The second-order valence-electron chi connectivity index (χ2n) is 4.50. The van der Waals surface area contributed by atoms with Gasteiger partial charge >= 0.3 is 16.2 Å². The average molecular weight is 300 g/mol. The Bertz CT molecular complexity index is 584. The Labute approximate surface area is 119 Å². The number of methoxy groups -OCH3 is 1. The lowest BCUT2D eigenvalue weighted by Crippen LogP contribution is -2.34. The summed E-state index contributed by atoms with van der Waals surface area (Å²) in [6, 6.07) is 5.40. The zero-order valence-corrected chi connectivity index (χ0v) is 13.0. The van der Waals surface area contributed by atoms with Gasteiger partial charge in [0.2, 0.25) is 0 Å². The fraction of sp³-hybridized carbons (Fsp3) is 0.462. The van der Waals surface area contributed by atoms with Crippen molar-refractivity contribution in [2.24, 2.45) is 0 Å². The van der Waals surface area contributed by atoms with Crippen LogP contribution in [0.25, 0.3) is 0 Å². The number of benzene rings is 1. The third-order valence-corrected chi connectivity index (χ3v) is 4.59. The van der Waals surface area contributed by atoms with Crippen LogP contribution in [0.4, 0.5) is 5.69 Å². The van der Waals surface area contributed by atoms with Crippen molar-refractivity contribution in [2.45, 2.75) is 20.3 Å². The molecule has 0 fully saturated rings. The molecule has 1 rings (SSSR count). The standard InChI is InChI=1S/C13H20N2O4S/c1-10-6-5-7-12(11(10)2)14-20(17,18)15(3)9-8-13(16)19-4/h5-7,14H,8-9H2,1-4H3. The molecule has 1 N–H and O–H groups in total. The highest BCUT2D eigenvalue weighted by atomic mass is 32.2. The molecule has 0 aromatic heterocycles. The minimum Gasteiger partial charge on any atom is -0.469 e. The Morgan fingerprint density at radius 3 is 2.60 bits per heavy atom. The van der Waals surface area contributed by atoms with Crippen LogP contribution in [-0.4, -0.2) is 39.4 Å². The molecule has 112 valence electrons. The van der Waals surface area contributed by atoms with E-state index in [0.717, 1.165) is 15.4 Å². The summed E-state index contributed by atoms with van der Waals surface area (Å²) < 4.78 is 32.3. The quantitative estimate of drug-likeness (QED) is 0.807. The minimum absolute atomic E-state index is 0.0146. The Balaban J connectivity index is 2.79. The van der Waals surface area contributed by atoms with E-state index in [4.69, 9.17) is 0 Å². The lowest BCUT2D eigenvalue weighted by Gasteiger charge is -2.19. The Kier molecular flexibility index (Phi) is 5.52. The van der Waals surface area contributed by atoms with Gasteiger partial charge in [-0.25, -0.2) is 0 Å². The number of hydrogen-bond donors (Lipinski definition) is 1. The highest BCUT2D eigenvalue weighted by Crippen LogP contribution is 2.19. The van der Waals surface area contributed by atoms with E-state index in [9.17, 15) is 13.2 Å². The average Bonchev–Trinajstić information content (AvgIpc) is 2.40. The van der Waals surface area contributed by atoms with Crippen molar-refractivity contribution in [1.29, 1.82) is 0 Å². The van der Waals surface area contributed by atoms with Crippen LogP contribution in [0.1, 0.15) is 17.5 Å². The summed E-state index contributed by atoms with van der Waals surface area (Å²) in [7, 11) is -0.999. The number of carbonyl (C=O) groups excluding carboxylic acids is 1. The number of aryl methyl sites for hydroxylation is 1. The second-order valence-corrected chi connectivity index (χ2v) is 6.28. The molecule has 0 aliphatic rings. The van der Waals surface area contributed by atoms with Crippen LogP contribution in [0.2, 0.25) is 0 Å². The number of nitrogens with zero attached hydrogens (tertiary/aromatic N) is 1. The molecule has 0 unspecified atom stereocenters. The molecule has 20 heavy (non-hydrogen) atoms. The van der Waals surface area contributed by atoms with Gasteiger partial charge in [0, 0.05) is 13.6 Å². The summed E-state index contributed by atoms with van der Waals surface area (Å²) in [4.78, 5) is 11.0. The molecule has 0 bridgehead atoms. The molecular formula is C13H20N2O4S. The lowest BCUT2D eigenvalue weighted by molar-refractivity contribution is -0.140. The van der Waals surface area contributed by atoms with Crippen molar-refractivity contribution in [3.05, 3.63) is 29.3 Å². The summed E-state index contributed by atoms with van der Waals surface area (Å²) >= 11 is 0. The number of rotatable bonds is 6. The number of nitrogens with one attached hydrogen (secondary N) is 1. The first kappa shape index (κ1) is 16.5. The fourth-order valence-corrected chi connectivity index (χ4v) is 2.54. The molecule has 0 aliphatic carbocycles. The summed E-state index contributed by atoms with van der Waals surface area (Å²) in [5.74, 6) is -0.446. The predicted molar refractivity (Wildman–Crippen MR) is 77.7 cm³/mol. The first-order chi connectivity index (χ1) is 9.27. The molecule has 7 heteroatoms. The van der Waals surface area contributed by atoms with Gasteiger partial charge in [0.05, 0.1) is 19.2 Å². The van der Waals surface area contributed by atoms with Gasteiger partial charge in [0.1, 0.15) is 0 Å². The Morgan fingerprint density at radius 2 is 2.00 bits per heavy atom. The van der Waals surface area contributed by atoms with E-state index in [1.807, 2.05) is 19.9 Å². The number of anilines is 1. The summed E-state index contributed by atoms with van der Waals surface area (Å²) in [5.41, 5.74) is 2.41. The highest BCUT2D eigenvalue weighted by Gasteiger charge is 2.19. The number of ether oxygens (including phenoxy) is 1. The van der Waals surface area contributed by atoms with Gasteiger partial charge in [0.25, 0.3) is 0 Å². The van der Waals surface area contributed by atoms with E-state index in [1.54, 1.807) is 12.1 Å². The van der Waals surface area contributed by atoms with Gasteiger partial charge in [-0.3, -0.25) is 9.52 Å². The molecular weight excluding hydrogens is 280 g/mol. The SMILES string of the molecule is COC(=O)CCN(C)S(=O)(=O)Nc1cccc(C)c1C. The van der Waals surface area contributed by atoms with Crippen LogP contribution in [-0.2, 0) is 19.7 Å². The first-order valence-corrected chi connectivity index (χ1v) is 7.59. The molecule has 0 spiro atoms. The Morgan fingerprint density at radius 1 is 1.35 bits per heavy atom. The topological polar surface area (TPSA) is 75.7 Å². The predicted octanol–water partition coefficient (Wildman–Crippen LogP) is 1.46. The first-order valence-electron chi connectivity index (χ1n) is 6.15. The van der Waals surface area contributed by atoms with Gasteiger partial charge in [-0.1, -0.05) is 12.1 Å². The van der Waals surface area contributed by atoms with Gasteiger partial charge in [-0.2, -0.15) is 12.7 Å². The van der Waals surface area contributed by atoms with Crippen LogP contribution in [0, 0.1) is 13.8 Å². The molecule has 0 aliphatic heterocycles. The monoisotopic (exact) mass is 300 g/mol. The van der Waals surface area contributed by atoms with Gasteiger partial charge in [0.15, 0.2) is 0 Å². The van der Waals surface area contributed by atoms with E-state index in [0.29, 0.717) is 5.69 Å². The normalized spacial score (nSPS) is 11.4. The molecule has 6 nitrogen and oxygen atoms in total. The van der Waals surface area contributed by atoms with Crippen LogP contribution < -0.4 is 4.72 Å². The van der Waals surface area contributed by atoms with E-state index < -0.39 is 16.2 Å². The molecule has 0 saturated heterocycles. The van der Waals surface area contributed by atoms with Crippen molar-refractivity contribution >= 4 is 21.9 Å². The van der Waals surface area contributed by atoms with Crippen LogP contribution in [0.3, 0.4) is 0 Å². The third-order valence-electron chi connectivity index (χ3n) is 3.11. The van der Waals surface area contributed by atoms with Gasteiger partial charge in [-0.05, 0) is 31.0 Å². The molecule has 1 aromatic rings. The maximum Gasteiger partial charge on any atom is 0.306 e. The van der Waals surface area contributed by atoms with Crippen molar-refractivity contribution in [3.63, 3.8) is 0 Å². The Hall–Kier alpha value is -1.60. The summed E-state index contributed by atoms with van der Waals surface area (Å²) in [6.07, 6.45) is 0.0146. The molecule has 0 atom stereocenters.